The van der Waals surface area contributed by atoms with Gasteiger partial charge in [0.1, 0.15) is 0 Å². The quantitative estimate of drug-likeness (QED) is 0.753. The number of likely N-dealkylation sites (N-methyl/N-ethyl adjacent to an activating group) is 2. The third-order valence-electron chi connectivity index (χ3n) is 2.28. The minimum atomic E-state index is -2.33. The van der Waals surface area contributed by atoms with Crippen LogP contribution in [0, 0.1) is 5.16 Å². The van der Waals surface area contributed by atoms with E-state index in [0.717, 1.165) is 25.5 Å². The van der Waals surface area contributed by atoms with Gasteiger partial charge < -0.3 is 14.3 Å². The van der Waals surface area contributed by atoms with Gasteiger partial charge in [0, 0.05) is 33.8 Å². The van der Waals surface area contributed by atoms with Crippen molar-refractivity contribution in [3.8, 4) is 0 Å². The first-order chi connectivity index (χ1) is 6.96. The Bertz CT molecular complexity index is 280. The Morgan fingerprint density at radius 3 is 2.40 bits per heavy atom. The van der Waals surface area contributed by atoms with Crippen LogP contribution in [-0.2, 0) is 4.52 Å². The highest BCUT2D eigenvalue weighted by Gasteiger charge is 2.22. The molecule has 0 spiro atoms. The van der Waals surface area contributed by atoms with E-state index in [2.05, 4.69) is 14.6 Å². The largest absolute Gasteiger partial charge is 0.344 e. The third kappa shape index (κ3) is 3.50. The van der Waals surface area contributed by atoms with Crippen LogP contribution in [0.4, 0.5) is 0 Å². The van der Waals surface area contributed by atoms with E-state index in [9.17, 15) is 0 Å². The number of guanidine groups is 1. The fourth-order valence-corrected chi connectivity index (χ4v) is 2.66. The molecular weight excluding hydrogens is 211 g/mol. The van der Waals surface area contributed by atoms with E-state index < -0.39 is 7.43 Å². The van der Waals surface area contributed by atoms with E-state index in [1.807, 2.05) is 21.0 Å². The molecule has 0 bridgehead atoms. The van der Waals surface area contributed by atoms with Crippen LogP contribution in [0.25, 0.3) is 0 Å². The van der Waals surface area contributed by atoms with Crippen LogP contribution in [0.1, 0.15) is 13.3 Å². The Morgan fingerprint density at radius 1 is 1.40 bits per heavy atom. The van der Waals surface area contributed by atoms with Crippen molar-refractivity contribution in [1.29, 1.82) is 5.16 Å². The van der Waals surface area contributed by atoms with Gasteiger partial charge >= 0.3 is 0 Å². The smallest absolute Gasteiger partial charge is 0.203 e. The van der Waals surface area contributed by atoms with Gasteiger partial charge in [-0.1, -0.05) is 6.92 Å². The van der Waals surface area contributed by atoms with Gasteiger partial charge in [0.25, 0.3) is 0 Å². The van der Waals surface area contributed by atoms with Gasteiger partial charge in [-0.2, -0.15) is 4.76 Å². The highest BCUT2D eigenvalue weighted by molar-refractivity contribution is 7.58. The molecule has 5 nitrogen and oxygen atoms in total. The van der Waals surface area contributed by atoms with Gasteiger partial charge in [-0.05, 0) is 6.42 Å². The summed E-state index contributed by atoms with van der Waals surface area (Å²) in [4.78, 5) is 4.14. The van der Waals surface area contributed by atoms with Crippen molar-refractivity contribution in [2.45, 2.75) is 13.3 Å². The fourth-order valence-electron chi connectivity index (χ4n) is 1.41. The number of hydrogen-bond acceptors (Lipinski definition) is 2. The Labute approximate surface area is 92.1 Å². The molecule has 1 rings (SSSR count). The highest BCUT2D eigenvalue weighted by Crippen LogP contribution is 2.45. The zero-order valence-electron chi connectivity index (χ0n) is 10.0. The monoisotopic (exact) mass is 232 g/mol. The first-order valence-corrected chi connectivity index (χ1v) is 7.35. The zero-order chi connectivity index (χ0) is 11.5. The van der Waals surface area contributed by atoms with Crippen molar-refractivity contribution in [2.75, 3.05) is 40.5 Å². The summed E-state index contributed by atoms with van der Waals surface area (Å²) in [5.74, 6) is 0.886. The van der Waals surface area contributed by atoms with Crippen LogP contribution >= 0.6 is 7.43 Å². The molecule has 0 aromatic heterocycles. The van der Waals surface area contributed by atoms with Crippen LogP contribution in [0.15, 0.2) is 4.76 Å². The molecule has 1 N–H and O–H groups in total. The van der Waals surface area contributed by atoms with Gasteiger partial charge in [-0.25, -0.2) is 0 Å². The van der Waals surface area contributed by atoms with Crippen LogP contribution in [-0.4, -0.2) is 56.2 Å². The Balaban J connectivity index is 2.71. The van der Waals surface area contributed by atoms with Crippen molar-refractivity contribution in [1.82, 2.24) is 9.80 Å². The highest BCUT2D eigenvalue weighted by atomic mass is 31.2. The molecule has 1 atom stereocenters. The topological polar surface area (TPSA) is 51.9 Å². The van der Waals surface area contributed by atoms with Crippen LogP contribution < -0.4 is 0 Å². The van der Waals surface area contributed by atoms with E-state index in [1.165, 1.54) is 0 Å². The second-order valence-corrected chi connectivity index (χ2v) is 6.17. The number of hydrogen-bond donors (Lipinski definition) is 1. The van der Waals surface area contributed by atoms with Crippen LogP contribution in [0.5, 0.6) is 0 Å². The molecule has 1 saturated heterocycles. The van der Waals surface area contributed by atoms with E-state index >= 15 is 0 Å². The zero-order valence-corrected chi connectivity index (χ0v) is 10.9. The number of rotatable bonds is 4. The molecule has 0 aromatic rings. The van der Waals surface area contributed by atoms with Gasteiger partial charge in [-0.3, -0.25) is 5.16 Å². The lowest BCUT2D eigenvalue weighted by molar-refractivity contribution is 0.346. The molecule has 1 fully saturated rings. The van der Waals surface area contributed by atoms with Crippen molar-refractivity contribution in [3.05, 3.63) is 0 Å². The summed E-state index contributed by atoms with van der Waals surface area (Å²) in [7, 11) is 1.68. The first kappa shape index (κ1) is 12.5. The average Bonchev–Trinajstić information content (AvgIpc) is 2.46. The molecule has 1 heterocycles. The van der Waals surface area contributed by atoms with Gasteiger partial charge in [0.15, 0.2) is 7.43 Å². The summed E-state index contributed by atoms with van der Waals surface area (Å²) in [5, 5.41) is 8.02. The van der Waals surface area contributed by atoms with Crippen LogP contribution in [0.3, 0.4) is 0 Å². The predicted molar refractivity (Wildman–Crippen MR) is 64.5 cm³/mol. The minimum absolute atomic E-state index is 0.623. The molecule has 0 aromatic carbocycles. The van der Waals surface area contributed by atoms with Crippen molar-refractivity contribution in [2.24, 2.45) is 4.76 Å². The molecule has 0 aliphatic carbocycles. The maximum absolute atomic E-state index is 8.02. The summed E-state index contributed by atoms with van der Waals surface area (Å²) >= 11 is 0. The molecular formula is C9H21N4OP. The molecule has 1 aliphatic heterocycles. The second-order valence-electron chi connectivity index (χ2n) is 3.96. The Kier molecular flexibility index (Phi) is 4.17. The molecule has 15 heavy (non-hydrogen) atoms. The maximum atomic E-state index is 8.02. The summed E-state index contributed by atoms with van der Waals surface area (Å²) in [6.07, 6.45) is 0.936. The summed E-state index contributed by atoms with van der Waals surface area (Å²) < 4.78 is 9.91. The molecule has 0 radical (unpaired) electrons. The lowest BCUT2D eigenvalue weighted by Gasteiger charge is -2.20. The summed E-state index contributed by atoms with van der Waals surface area (Å²) in [5.41, 5.74) is 0. The standard InChI is InChI=1S/C9H21N4OP/c1-5-8-14-15(4,10)11-9-12(2)6-7-13(9)3/h10H,5-8H2,1-4H3/t15-/m0/s1. The van der Waals surface area contributed by atoms with E-state index in [0.29, 0.717) is 6.61 Å². The lowest BCUT2D eigenvalue weighted by Crippen LogP contribution is -2.28. The number of nitrogens with zero attached hydrogens (tertiary/aromatic N) is 3. The van der Waals surface area contributed by atoms with E-state index in [1.54, 1.807) is 6.66 Å². The molecule has 88 valence electrons. The molecule has 6 heteroatoms. The average molecular weight is 232 g/mol. The van der Waals surface area contributed by atoms with E-state index in [4.69, 9.17) is 9.69 Å². The molecule has 1 aliphatic rings. The summed E-state index contributed by atoms with van der Waals surface area (Å²) in [6.45, 7) is 6.40. The van der Waals surface area contributed by atoms with Crippen molar-refractivity contribution < 1.29 is 4.52 Å². The van der Waals surface area contributed by atoms with Gasteiger partial charge in [0.05, 0.1) is 6.61 Å². The van der Waals surface area contributed by atoms with Crippen molar-refractivity contribution >= 4 is 13.4 Å². The second kappa shape index (κ2) is 4.99. The number of nitrogens with one attached hydrogen (secondary N) is 1. The lowest BCUT2D eigenvalue weighted by atomic mass is 10.5. The maximum Gasteiger partial charge on any atom is 0.203 e. The molecule has 0 unspecified atom stereocenters. The van der Waals surface area contributed by atoms with Crippen molar-refractivity contribution in [3.63, 3.8) is 0 Å². The SMILES string of the molecule is CCCO[P@@](C)(=N)N=C1N(C)CCN1C. The predicted octanol–water partition coefficient (Wildman–Crippen LogP) is 1.89. The normalized spacial score (nSPS) is 20.7. The summed E-state index contributed by atoms with van der Waals surface area (Å²) in [6, 6.07) is 0. The fraction of sp³-hybridized carbons (Fsp3) is 0.889. The van der Waals surface area contributed by atoms with Gasteiger partial charge in [-0.15, -0.1) is 0 Å². The Morgan fingerprint density at radius 2 is 1.93 bits per heavy atom. The van der Waals surface area contributed by atoms with Gasteiger partial charge in [0.2, 0.25) is 5.96 Å². The van der Waals surface area contributed by atoms with E-state index in [-0.39, 0.29) is 0 Å². The molecule has 0 amide bonds. The first-order valence-electron chi connectivity index (χ1n) is 5.25. The molecule has 0 saturated carbocycles. The van der Waals surface area contributed by atoms with Crippen LogP contribution in [0.2, 0.25) is 0 Å². The Hall–Kier alpha value is -0.540. The third-order valence-corrected chi connectivity index (χ3v) is 3.53. The minimum Gasteiger partial charge on any atom is -0.344 e.